The Bertz CT molecular complexity index is 640. The molecule has 0 heterocycles. The minimum Gasteiger partial charge on any atom is -0.398 e. The van der Waals surface area contributed by atoms with Gasteiger partial charge in [-0.15, -0.1) is 0 Å². The fourth-order valence-electron chi connectivity index (χ4n) is 1.85. The first-order valence-electron chi connectivity index (χ1n) is 5.97. The van der Waals surface area contributed by atoms with E-state index in [9.17, 15) is 8.60 Å². The van der Waals surface area contributed by atoms with Crippen LogP contribution in [0.4, 0.5) is 10.1 Å². The van der Waals surface area contributed by atoms with Gasteiger partial charge in [0.2, 0.25) is 0 Å². The third-order valence-corrected chi connectivity index (χ3v) is 4.43. The summed E-state index contributed by atoms with van der Waals surface area (Å²) in [6.45, 7) is 3.80. The minimum absolute atomic E-state index is 0.275. The lowest BCUT2D eigenvalue weighted by molar-refractivity contribution is 0.625. The van der Waals surface area contributed by atoms with Gasteiger partial charge in [0.25, 0.3) is 0 Å². The molecule has 0 spiro atoms. The van der Waals surface area contributed by atoms with Crippen molar-refractivity contribution in [2.24, 2.45) is 0 Å². The van der Waals surface area contributed by atoms with Crippen molar-refractivity contribution in [3.05, 3.63) is 58.9 Å². The maximum atomic E-state index is 13.2. The van der Waals surface area contributed by atoms with Crippen LogP contribution in [0, 0.1) is 19.7 Å². The number of nitrogen functional groups attached to an aromatic ring is 1. The van der Waals surface area contributed by atoms with Gasteiger partial charge in [-0.05, 0) is 54.8 Å². The number of aryl methyl sites for hydroxylation is 2. The maximum absolute atomic E-state index is 13.2. The van der Waals surface area contributed by atoms with Crippen LogP contribution in [-0.4, -0.2) is 4.21 Å². The first-order valence-corrected chi connectivity index (χ1v) is 7.29. The molecule has 2 aromatic rings. The molecule has 0 fully saturated rings. The number of hydrogen-bond acceptors (Lipinski definition) is 2. The molecule has 2 N–H and O–H groups in total. The lowest BCUT2D eigenvalue weighted by Crippen LogP contribution is -2.03. The van der Waals surface area contributed by atoms with E-state index in [0.717, 1.165) is 16.7 Å². The zero-order chi connectivity index (χ0) is 14.0. The van der Waals surface area contributed by atoms with Crippen LogP contribution < -0.4 is 5.73 Å². The molecule has 0 aliphatic rings. The summed E-state index contributed by atoms with van der Waals surface area (Å²) in [5, 5.41) is 0. The fraction of sp³-hybridized carbons (Fsp3) is 0.200. The third-order valence-electron chi connectivity index (χ3n) is 3.01. The van der Waals surface area contributed by atoms with Crippen molar-refractivity contribution in [1.82, 2.24) is 0 Å². The number of halogens is 1. The van der Waals surface area contributed by atoms with E-state index in [-0.39, 0.29) is 11.6 Å². The monoisotopic (exact) mass is 277 g/mol. The van der Waals surface area contributed by atoms with Crippen LogP contribution >= 0.6 is 0 Å². The molecule has 0 radical (unpaired) electrons. The normalized spacial score (nSPS) is 12.4. The van der Waals surface area contributed by atoms with Gasteiger partial charge in [0.15, 0.2) is 0 Å². The Hall–Kier alpha value is -1.68. The van der Waals surface area contributed by atoms with Crippen LogP contribution in [-0.2, 0) is 16.6 Å². The second kappa shape index (κ2) is 5.53. The van der Waals surface area contributed by atoms with Gasteiger partial charge in [-0.2, -0.15) is 0 Å². The quantitative estimate of drug-likeness (QED) is 0.874. The molecule has 19 heavy (non-hydrogen) atoms. The predicted molar refractivity (Wildman–Crippen MR) is 76.8 cm³/mol. The summed E-state index contributed by atoms with van der Waals surface area (Å²) in [7, 11) is -1.27. The van der Waals surface area contributed by atoms with Crippen LogP contribution in [0.2, 0.25) is 0 Å². The van der Waals surface area contributed by atoms with E-state index in [4.69, 9.17) is 5.73 Å². The van der Waals surface area contributed by atoms with Crippen LogP contribution in [0.25, 0.3) is 0 Å². The van der Waals surface area contributed by atoms with Crippen LogP contribution in [0.5, 0.6) is 0 Å². The summed E-state index contributed by atoms with van der Waals surface area (Å²) < 4.78 is 25.6. The molecule has 0 saturated heterocycles. The molecule has 0 aliphatic carbocycles. The highest BCUT2D eigenvalue weighted by Crippen LogP contribution is 2.22. The van der Waals surface area contributed by atoms with Crippen molar-refractivity contribution in [2.45, 2.75) is 24.5 Å². The highest BCUT2D eigenvalue weighted by molar-refractivity contribution is 7.84. The van der Waals surface area contributed by atoms with E-state index in [1.807, 2.05) is 26.0 Å². The first kappa shape index (κ1) is 13.7. The fourth-order valence-corrected chi connectivity index (χ4v) is 3.25. The van der Waals surface area contributed by atoms with Crippen LogP contribution in [0.1, 0.15) is 16.7 Å². The smallest absolute Gasteiger partial charge is 0.123 e. The molecule has 2 aromatic carbocycles. The Morgan fingerprint density at radius 3 is 2.63 bits per heavy atom. The molecule has 0 aliphatic heterocycles. The zero-order valence-electron chi connectivity index (χ0n) is 10.9. The second-order valence-electron chi connectivity index (χ2n) is 4.60. The van der Waals surface area contributed by atoms with Crippen molar-refractivity contribution in [1.29, 1.82) is 0 Å². The van der Waals surface area contributed by atoms with Crippen LogP contribution in [0.15, 0.2) is 41.3 Å². The summed E-state index contributed by atoms with van der Waals surface area (Å²) in [5.74, 6) is -0.0353. The van der Waals surface area contributed by atoms with Gasteiger partial charge in [0, 0.05) is 5.69 Å². The van der Waals surface area contributed by atoms with Crippen molar-refractivity contribution in [3.8, 4) is 0 Å². The van der Waals surface area contributed by atoms with Crippen molar-refractivity contribution >= 4 is 16.5 Å². The Labute approximate surface area is 114 Å². The second-order valence-corrected chi connectivity index (χ2v) is 6.02. The molecule has 2 rings (SSSR count). The van der Waals surface area contributed by atoms with Crippen LogP contribution in [0.3, 0.4) is 0 Å². The summed E-state index contributed by atoms with van der Waals surface area (Å²) in [5.41, 5.74) is 9.05. The summed E-state index contributed by atoms with van der Waals surface area (Å²) >= 11 is 0. The Morgan fingerprint density at radius 1 is 1.16 bits per heavy atom. The molecular formula is C15H16FNOS. The Morgan fingerprint density at radius 2 is 1.89 bits per heavy atom. The van der Waals surface area contributed by atoms with Gasteiger partial charge in [-0.3, -0.25) is 4.21 Å². The van der Waals surface area contributed by atoms with E-state index < -0.39 is 10.8 Å². The summed E-state index contributed by atoms with van der Waals surface area (Å²) in [4.78, 5) is 0.615. The number of rotatable bonds is 3. The molecule has 100 valence electrons. The van der Waals surface area contributed by atoms with Crippen molar-refractivity contribution < 1.29 is 8.60 Å². The van der Waals surface area contributed by atoms with Crippen molar-refractivity contribution in [2.75, 3.05) is 5.73 Å². The molecular weight excluding hydrogens is 261 g/mol. The van der Waals surface area contributed by atoms with Crippen molar-refractivity contribution in [3.63, 3.8) is 0 Å². The van der Waals surface area contributed by atoms with E-state index in [1.54, 1.807) is 12.1 Å². The van der Waals surface area contributed by atoms with E-state index in [0.29, 0.717) is 10.6 Å². The number of benzene rings is 2. The molecule has 0 saturated carbocycles. The van der Waals surface area contributed by atoms with Gasteiger partial charge >= 0.3 is 0 Å². The average Bonchev–Trinajstić information content (AvgIpc) is 2.36. The predicted octanol–water partition coefficient (Wildman–Crippen LogP) is 3.33. The van der Waals surface area contributed by atoms with Gasteiger partial charge in [0.1, 0.15) is 5.82 Å². The topological polar surface area (TPSA) is 43.1 Å². The molecule has 1 unspecified atom stereocenters. The standard InChI is InChI=1S/C15H16FNOS/c1-10-3-6-14(17)15(7-10)19(18)9-12-8-13(16)5-4-11(12)2/h3-8H,9,17H2,1-2H3. The molecule has 0 bridgehead atoms. The van der Waals surface area contributed by atoms with E-state index in [1.165, 1.54) is 12.1 Å². The highest BCUT2D eigenvalue weighted by atomic mass is 32.2. The minimum atomic E-state index is -1.27. The number of hydrogen-bond donors (Lipinski definition) is 1. The number of anilines is 1. The summed E-state index contributed by atoms with van der Waals surface area (Å²) in [6.07, 6.45) is 0. The Balaban J connectivity index is 2.30. The Kier molecular flexibility index (Phi) is 4.00. The highest BCUT2D eigenvalue weighted by Gasteiger charge is 2.11. The van der Waals surface area contributed by atoms with E-state index >= 15 is 0 Å². The first-order chi connectivity index (χ1) is 8.97. The number of nitrogens with two attached hydrogens (primary N) is 1. The largest absolute Gasteiger partial charge is 0.398 e. The maximum Gasteiger partial charge on any atom is 0.123 e. The molecule has 2 nitrogen and oxygen atoms in total. The molecule has 0 aromatic heterocycles. The molecule has 0 amide bonds. The molecule has 4 heteroatoms. The van der Waals surface area contributed by atoms with Gasteiger partial charge in [-0.1, -0.05) is 12.1 Å². The SMILES string of the molecule is Cc1ccc(N)c(S(=O)Cc2cc(F)ccc2C)c1. The average molecular weight is 277 g/mol. The lowest BCUT2D eigenvalue weighted by atomic mass is 10.1. The lowest BCUT2D eigenvalue weighted by Gasteiger charge is -2.09. The summed E-state index contributed by atoms with van der Waals surface area (Å²) in [6, 6.07) is 9.98. The molecule has 1 atom stereocenters. The van der Waals surface area contributed by atoms with Gasteiger partial charge in [0.05, 0.1) is 21.4 Å². The van der Waals surface area contributed by atoms with Gasteiger partial charge < -0.3 is 5.73 Å². The zero-order valence-corrected chi connectivity index (χ0v) is 11.8. The van der Waals surface area contributed by atoms with E-state index in [2.05, 4.69) is 0 Å². The van der Waals surface area contributed by atoms with Gasteiger partial charge in [-0.25, -0.2) is 4.39 Å². The third kappa shape index (κ3) is 3.20.